The molecule has 2 aliphatic rings. The Hall–Kier alpha value is -5.73. The Bertz CT molecular complexity index is 1620. The zero-order chi connectivity index (χ0) is 40.5. The van der Waals surface area contributed by atoms with E-state index in [-0.39, 0.29) is 82.4 Å². The van der Waals surface area contributed by atoms with Crippen molar-refractivity contribution in [3.8, 4) is 0 Å². The first-order valence-corrected chi connectivity index (χ1v) is 18.9. The highest BCUT2D eigenvalue weighted by Gasteiger charge is 2.38. The van der Waals surface area contributed by atoms with Crippen LogP contribution in [-0.2, 0) is 49.6 Å². The van der Waals surface area contributed by atoms with Crippen LogP contribution in [0.1, 0.15) is 50.5 Å². The van der Waals surface area contributed by atoms with Gasteiger partial charge in [0.15, 0.2) is 5.96 Å². The van der Waals surface area contributed by atoms with E-state index in [1.54, 1.807) is 36.6 Å². The Kier molecular flexibility index (Phi) is 17.3. The van der Waals surface area contributed by atoms with Gasteiger partial charge >= 0.3 is 5.97 Å². The Balaban J connectivity index is 1.77. The number of nitrogens with two attached hydrogens (primary N) is 2. The maximum atomic E-state index is 13.8. The Labute approximate surface area is 321 Å². The summed E-state index contributed by atoms with van der Waals surface area (Å²) in [4.78, 5) is 120. The SMILES string of the molecule is CSC1CC(=O)N(CCC(=O)NCCCCC2NC(=O)[C@H](Cc3ccccc3)NC(=O)[C@@H](C(=O)O)NC(=O)CNC(=O)C(CCCN=C(N)N)NC2=O)C1=O. The quantitative estimate of drug-likeness (QED) is 0.0260. The average molecular weight is 789 g/mol. The summed E-state index contributed by atoms with van der Waals surface area (Å²) in [5, 5.41) is 24.0. The number of hydrogen-bond donors (Lipinski definition) is 9. The molecule has 3 rings (SSSR count). The van der Waals surface area contributed by atoms with E-state index in [0.717, 1.165) is 4.90 Å². The second kappa shape index (κ2) is 21.8. The van der Waals surface area contributed by atoms with Gasteiger partial charge in [-0.2, -0.15) is 11.8 Å². The minimum atomic E-state index is -2.12. The Morgan fingerprint density at radius 3 is 2.15 bits per heavy atom. The summed E-state index contributed by atoms with van der Waals surface area (Å²) in [6.45, 7) is -0.518. The number of nitrogens with zero attached hydrogens (tertiary/aromatic N) is 2. The van der Waals surface area contributed by atoms with Crippen molar-refractivity contribution in [3.63, 3.8) is 0 Å². The summed E-state index contributed by atoms with van der Waals surface area (Å²) in [5.74, 6) is -7.61. The first kappa shape index (κ1) is 43.7. The number of carboxylic acid groups (broad SMARTS) is 1. The lowest BCUT2D eigenvalue weighted by atomic mass is 10.0. The Morgan fingerprint density at radius 1 is 0.873 bits per heavy atom. The molecule has 0 spiro atoms. The van der Waals surface area contributed by atoms with Gasteiger partial charge < -0.3 is 48.5 Å². The van der Waals surface area contributed by atoms with E-state index in [1.165, 1.54) is 11.8 Å². The third-order valence-corrected chi connectivity index (χ3v) is 9.59. The fourth-order valence-electron chi connectivity index (χ4n) is 5.72. The van der Waals surface area contributed by atoms with Crippen molar-refractivity contribution in [1.82, 2.24) is 36.8 Å². The minimum Gasteiger partial charge on any atom is -0.479 e. The van der Waals surface area contributed by atoms with Crippen molar-refractivity contribution < 1.29 is 48.3 Å². The van der Waals surface area contributed by atoms with E-state index in [9.17, 15) is 48.3 Å². The van der Waals surface area contributed by atoms with Crippen molar-refractivity contribution in [2.45, 2.75) is 80.8 Å². The molecule has 21 heteroatoms. The molecule has 0 radical (unpaired) electrons. The van der Waals surface area contributed by atoms with Crippen LogP contribution in [0.2, 0.25) is 0 Å². The van der Waals surface area contributed by atoms with E-state index in [4.69, 9.17) is 11.5 Å². The van der Waals surface area contributed by atoms with Gasteiger partial charge in [0.25, 0.3) is 5.91 Å². The summed E-state index contributed by atoms with van der Waals surface area (Å²) in [6.07, 6.45) is 2.46. The number of hydrogen-bond acceptors (Lipinski definition) is 11. The summed E-state index contributed by atoms with van der Waals surface area (Å²) < 4.78 is 0. The number of amides is 8. The highest BCUT2D eigenvalue weighted by Crippen LogP contribution is 2.23. The first-order chi connectivity index (χ1) is 26.2. The van der Waals surface area contributed by atoms with Gasteiger partial charge in [-0.3, -0.25) is 48.2 Å². The molecule has 0 aromatic heterocycles. The zero-order valence-corrected chi connectivity index (χ0v) is 31.2. The maximum absolute atomic E-state index is 13.8. The highest BCUT2D eigenvalue weighted by atomic mass is 32.2. The van der Waals surface area contributed by atoms with E-state index in [0.29, 0.717) is 12.0 Å². The van der Waals surface area contributed by atoms with E-state index in [2.05, 4.69) is 31.6 Å². The van der Waals surface area contributed by atoms with Gasteiger partial charge in [0, 0.05) is 38.9 Å². The van der Waals surface area contributed by atoms with Gasteiger partial charge in [0.05, 0.1) is 11.8 Å². The fourth-order valence-corrected chi connectivity index (χ4v) is 6.35. The third-order valence-electron chi connectivity index (χ3n) is 8.66. The minimum absolute atomic E-state index is 0.00363. The molecule has 1 aromatic rings. The van der Waals surface area contributed by atoms with Gasteiger partial charge in [-0.1, -0.05) is 30.3 Å². The van der Waals surface area contributed by atoms with Crippen LogP contribution in [0.4, 0.5) is 0 Å². The highest BCUT2D eigenvalue weighted by molar-refractivity contribution is 8.00. The molecule has 11 N–H and O–H groups in total. The molecule has 20 nitrogen and oxygen atoms in total. The molecule has 2 saturated heterocycles. The lowest BCUT2D eigenvalue weighted by Gasteiger charge is -2.25. The number of benzene rings is 1. The molecule has 0 bridgehead atoms. The number of carbonyl (C=O) groups excluding carboxylic acids is 8. The maximum Gasteiger partial charge on any atom is 0.336 e. The molecule has 3 unspecified atom stereocenters. The van der Waals surface area contributed by atoms with Crippen LogP contribution in [0.5, 0.6) is 0 Å². The van der Waals surface area contributed by atoms with Crippen LogP contribution in [0.15, 0.2) is 35.3 Å². The number of unbranched alkanes of at least 4 members (excludes halogenated alkanes) is 1. The summed E-state index contributed by atoms with van der Waals surface area (Å²) in [7, 11) is 0. The molecule has 2 fully saturated rings. The van der Waals surface area contributed by atoms with Gasteiger partial charge in [-0.25, -0.2) is 4.79 Å². The zero-order valence-electron chi connectivity index (χ0n) is 30.3. The molecule has 0 saturated carbocycles. The largest absolute Gasteiger partial charge is 0.479 e. The number of likely N-dealkylation sites (tertiary alicyclic amines) is 1. The standard InChI is InChI=1S/C34H48N10O10S/c1-55-23-17-26(47)44(32(23)52)15-12-24(45)37-13-6-5-10-21-29(49)40-20(11-7-14-38-34(35)36)28(48)39-18-25(46)43-27(33(53)54)31(51)42-22(30(50)41-21)16-19-8-3-2-4-9-19/h2-4,8-9,20-23,27H,5-7,10-18H2,1H3,(H,37,45)(H,39,48)(H,40,49)(H,41,50)(H,42,51)(H,43,46)(H,53,54)(H4,35,36,38)/t20?,21?,22-,23?,27-/m0/s1. The van der Waals surface area contributed by atoms with Gasteiger partial charge in [0.1, 0.15) is 18.1 Å². The van der Waals surface area contributed by atoms with E-state index >= 15 is 0 Å². The number of carboxylic acids is 1. The van der Waals surface area contributed by atoms with E-state index < -0.39 is 77.4 Å². The molecule has 5 atom stereocenters. The van der Waals surface area contributed by atoms with Crippen LogP contribution in [0, 0.1) is 0 Å². The second-order valence-corrected chi connectivity index (χ2v) is 13.8. The van der Waals surface area contributed by atoms with Crippen LogP contribution in [0.3, 0.4) is 0 Å². The molecule has 55 heavy (non-hydrogen) atoms. The van der Waals surface area contributed by atoms with Crippen LogP contribution in [-0.4, -0.2) is 131 Å². The number of nitrogens with one attached hydrogen (secondary N) is 6. The van der Waals surface area contributed by atoms with Crippen molar-refractivity contribution in [1.29, 1.82) is 0 Å². The lowest BCUT2D eigenvalue weighted by Crippen LogP contribution is -2.59. The van der Waals surface area contributed by atoms with Crippen molar-refractivity contribution >= 4 is 70.9 Å². The fraction of sp³-hybridized carbons (Fsp3) is 0.529. The molecular formula is C34H48N10O10S. The number of guanidine groups is 1. The van der Waals surface area contributed by atoms with Crippen molar-refractivity contribution in [2.24, 2.45) is 16.5 Å². The molecule has 8 amide bonds. The number of thioether (sulfide) groups is 1. The van der Waals surface area contributed by atoms with Crippen molar-refractivity contribution in [3.05, 3.63) is 35.9 Å². The van der Waals surface area contributed by atoms with Gasteiger partial charge in [0.2, 0.25) is 47.4 Å². The summed E-state index contributed by atoms with van der Waals surface area (Å²) in [5.41, 5.74) is 11.4. The topological polar surface area (TPSA) is 314 Å². The molecule has 2 heterocycles. The molecule has 1 aromatic carbocycles. The van der Waals surface area contributed by atoms with E-state index in [1.807, 2.05) is 5.32 Å². The molecule has 0 aliphatic carbocycles. The number of aliphatic carboxylic acids is 1. The summed E-state index contributed by atoms with van der Waals surface area (Å²) >= 11 is 1.28. The Morgan fingerprint density at radius 2 is 1.51 bits per heavy atom. The smallest absolute Gasteiger partial charge is 0.336 e. The molecule has 2 aliphatic heterocycles. The molecule has 300 valence electrons. The van der Waals surface area contributed by atoms with Crippen LogP contribution in [0.25, 0.3) is 0 Å². The summed E-state index contributed by atoms with van der Waals surface area (Å²) in [6, 6.07) is 2.44. The predicted octanol–water partition coefficient (Wildman–Crippen LogP) is -3.40. The number of aliphatic imine (C=N–C) groups is 1. The predicted molar refractivity (Wildman–Crippen MR) is 199 cm³/mol. The van der Waals surface area contributed by atoms with Crippen LogP contribution >= 0.6 is 11.8 Å². The van der Waals surface area contributed by atoms with Gasteiger partial charge in [-0.15, -0.1) is 0 Å². The molecular weight excluding hydrogens is 741 g/mol. The number of carbonyl (C=O) groups is 9. The number of imide groups is 1. The normalized spacial score (nSPS) is 22.6. The number of rotatable bonds is 16. The average Bonchev–Trinajstić information content (AvgIpc) is 3.42. The van der Waals surface area contributed by atoms with Crippen LogP contribution < -0.4 is 43.4 Å². The second-order valence-electron chi connectivity index (χ2n) is 12.8. The third kappa shape index (κ3) is 14.2. The van der Waals surface area contributed by atoms with Gasteiger partial charge in [-0.05, 0) is 43.9 Å². The first-order valence-electron chi connectivity index (χ1n) is 17.6. The van der Waals surface area contributed by atoms with Crippen molar-refractivity contribution in [2.75, 3.05) is 32.4 Å². The lowest BCUT2D eigenvalue weighted by molar-refractivity contribution is -0.147. The monoisotopic (exact) mass is 788 g/mol.